The van der Waals surface area contributed by atoms with Crippen molar-refractivity contribution in [1.82, 2.24) is 4.98 Å². The second kappa shape index (κ2) is 6.29. The zero-order valence-corrected chi connectivity index (χ0v) is 13.6. The summed E-state index contributed by atoms with van der Waals surface area (Å²) in [4.78, 5) is 16.9. The Morgan fingerprint density at radius 1 is 1.39 bits per heavy atom. The maximum atomic E-state index is 12.6. The number of pyridine rings is 1. The van der Waals surface area contributed by atoms with Gasteiger partial charge in [-0.1, -0.05) is 26.2 Å². The Labute approximate surface area is 125 Å². The number of halogens is 2. The summed E-state index contributed by atoms with van der Waals surface area (Å²) in [6, 6.07) is 1.89. The quantitative estimate of drug-likeness (QED) is 0.696. The highest BCUT2D eigenvalue weighted by molar-refractivity contribution is 9.11. The van der Waals surface area contributed by atoms with E-state index in [0.717, 1.165) is 21.8 Å². The van der Waals surface area contributed by atoms with Crippen LogP contribution in [0.2, 0.25) is 0 Å². The number of hydrogen-bond acceptors (Lipinski definition) is 2. The Balaban J connectivity index is 2.24. The Bertz CT molecular complexity index is 447. The second-order valence-corrected chi connectivity index (χ2v) is 6.68. The molecule has 0 radical (unpaired) electrons. The van der Waals surface area contributed by atoms with E-state index in [4.69, 9.17) is 0 Å². The van der Waals surface area contributed by atoms with Gasteiger partial charge in [0.25, 0.3) is 0 Å². The van der Waals surface area contributed by atoms with Gasteiger partial charge in [-0.3, -0.25) is 9.78 Å². The van der Waals surface area contributed by atoms with E-state index < -0.39 is 0 Å². The van der Waals surface area contributed by atoms with E-state index >= 15 is 0 Å². The van der Waals surface area contributed by atoms with Gasteiger partial charge in [0.15, 0.2) is 5.78 Å². The molecule has 0 aromatic carbocycles. The molecule has 18 heavy (non-hydrogen) atoms. The van der Waals surface area contributed by atoms with Crippen molar-refractivity contribution in [2.24, 2.45) is 11.8 Å². The van der Waals surface area contributed by atoms with Gasteiger partial charge in [-0.25, -0.2) is 0 Å². The number of hydrogen-bond donors (Lipinski definition) is 0. The summed E-state index contributed by atoms with van der Waals surface area (Å²) < 4.78 is 1.68. The third-order valence-corrected chi connectivity index (χ3v) is 4.85. The molecule has 1 aliphatic rings. The van der Waals surface area contributed by atoms with Gasteiger partial charge in [0.2, 0.25) is 0 Å². The molecular formula is C14H17Br2NO. The van der Waals surface area contributed by atoms with E-state index in [2.05, 4.69) is 43.8 Å². The number of rotatable bonds is 3. The molecule has 0 spiro atoms. The van der Waals surface area contributed by atoms with Crippen molar-refractivity contribution in [3.05, 3.63) is 26.9 Å². The normalized spacial score (nSPS) is 23.9. The van der Waals surface area contributed by atoms with Gasteiger partial charge in [-0.05, 0) is 56.7 Å². The maximum Gasteiger partial charge on any atom is 0.185 e. The van der Waals surface area contributed by atoms with Crippen LogP contribution >= 0.6 is 31.9 Å². The lowest BCUT2D eigenvalue weighted by Gasteiger charge is -2.29. The van der Waals surface area contributed by atoms with Gasteiger partial charge in [0.1, 0.15) is 5.69 Å². The van der Waals surface area contributed by atoms with E-state index in [1.54, 1.807) is 6.20 Å². The Morgan fingerprint density at radius 3 is 2.78 bits per heavy atom. The van der Waals surface area contributed by atoms with Crippen LogP contribution in [0.1, 0.15) is 49.5 Å². The van der Waals surface area contributed by atoms with Crippen LogP contribution in [0, 0.1) is 11.8 Å². The molecule has 1 aromatic rings. The average molecular weight is 375 g/mol. The highest BCUT2D eigenvalue weighted by Gasteiger charge is 2.31. The van der Waals surface area contributed by atoms with Crippen LogP contribution in [0.25, 0.3) is 0 Å². The summed E-state index contributed by atoms with van der Waals surface area (Å²) in [6.07, 6.45) is 7.41. The molecule has 2 rings (SSSR count). The van der Waals surface area contributed by atoms with Gasteiger partial charge in [-0.15, -0.1) is 0 Å². The molecule has 2 unspecified atom stereocenters. The molecule has 0 aliphatic heterocycles. The van der Waals surface area contributed by atoms with E-state index in [9.17, 15) is 4.79 Å². The first kappa shape index (κ1) is 14.2. The van der Waals surface area contributed by atoms with Gasteiger partial charge in [0, 0.05) is 21.1 Å². The number of carbonyl (C=O) groups is 1. The minimum absolute atomic E-state index is 0.161. The predicted octanol–water partition coefficient (Wildman–Crippen LogP) is 5.01. The SMILES string of the molecule is CCC1CCCCC1C(=O)c1ncc(Br)cc1Br. The molecule has 0 bridgehead atoms. The lowest BCUT2D eigenvalue weighted by atomic mass is 9.75. The van der Waals surface area contributed by atoms with E-state index in [-0.39, 0.29) is 11.7 Å². The molecule has 1 aliphatic carbocycles. The Kier molecular flexibility index (Phi) is 4.96. The zero-order valence-electron chi connectivity index (χ0n) is 10.5. The Morgan fingerprint density at radius 2 is 2.11 bits per heavy atom. The van der Waals surface area contributed by atoms with Crippen LogP contribution in [0.4, 0.5) is 0 Å². The molecule has 1 fully saturated rings. The standard InChI is InChI=1S/C14H17Br2NO/c1-2-9-5-3-4-6-11(9)14(18)13-12(16)7-10(15)8-17-13/h7-9,11H,2-6H2,1H3. The molecule has 0 N–H and O–H groups in total. The van der Waals surface area contributed by atoms with Crippen LogP contribution in [-0.2, 0) is 0 Å². The number of nitrogens with zero attached hydrogens (tertiary/aromatic N) is 1. The third-order valence-electron chi connectivity index (χ3n) is 3.81. The largest absolute Gasteiger partial charge is 0.292 e. The molecule has 98 valence electrons. The number of aromatic nitrogens is 1. The number of carbonyl (C=O) groups excluding carboxylic acids is 1. The van der Waals surface area contributed by atoms with Gasteiger partial charge < -0.3 is 0 Å². The molecule has 0 amide bonds. The smallest absolute Gasteiger partial charge is 0.185 e. The summed E-state index contributed by atoms with van der Waals surface area (Å²) in [6.45, 7) is 2.18. The molecule has 2 atom stereocenters. The molecule has 1 aromatic heterocycles. The average Bonchev–Trinajstić information content (AvgIpc) is 2.38. The van der Waals surface area contributed by atoms with Crippen molar-refractivity contribution in [3.63, 3.8) is 0 Å². The minimum atomic E-state index is 0.161. The maximum absolute atomic E-state index is 12.6. The first-order valence-electron chi connectivity index (χ1n) is 6.48. The van der Waals surface area contributed by atoms with Gasteiger partial charge >= 0.3 is 0 Å². The molecular weight excluding hydrogens is 358 g/mol. The summed E-state index contributed by atoms with van der Waals surface area (Å²) in [5.41, 5.74) is 0.587. The lowest BCUT2D eigenvalue weighted by molar-refractivity contribution is 0.0814. The van der Waals surface area contributed by atoms with Crippen molar-refractivity contribution >= 4 is 37.6 Å². The van der Waals surface area contributed by atoms with Crippen molar-refractivity contribution in [3.8, 4) is 0 Å². The number of ketones is 1. The Hall–Kier alpha value is -0.220. The second-order valence-electron chi connectivity index (χ2n) is 4.91. The molecule has 4 heteroatoms. The fraction of sp³-hybridized carbons (Fsp3) is 0.571. The highest BCUT2D eigenvalue weighted by atomic mass is 79.9. The van der Waals surface area contributed by atoms with Crippen LogP contribution in [-0.4, -0.2) is 10.8 Å². The van der Waals surface area contributed by atoms with Crippen molar-refractivity contribution < 1.29 is 4.79 Å². The van der Waals surface area contributed by atoms with Crippen molar-refractivity contribution in [2.75, 3.05) is 0 Å². The summed E-state index contributed by atoms with van der Waals surface area (Å²) in [7, 11) is 0. The predicted molar refractivity (Wildman–Crippen MR) is 79.7 cm³/mol. The summed E-state index contributed by atoms with van der Waals surface area (Å²) >= 11 is 6.81. The molecule has 0 saturated heterocycles. The minimum Gasteiger partial charge on any atom is -0.292 e. The van der Waals surface area contributed by atoms with E-state index in [1.807, 2.05) is 6.07 Å². The lowest BCUT2D eigenvalue weighted by Crippen LogP contribution is -2.27. The zero-order chi connectivity index (χ0) is 13.1. The van der Waals surface area contributed by atoms with Crippen molar-refractivity contribution in [2.45, 2.75) is 39.0 Å². The van der Waals surface area contributed by atoms with Gasteiger partial charge in [-0.2, -0.15) is 0 Å². The third kappa shape index (κ3) is 3.02. The monoisotopic (exact) mass is 373 g/mol. The highest BCUT2D eigenvalue weighted by Crippen LogP contribution is 2.35. The van der Waals surface area contributed by atoms with Crippen LogP contribution in [0.5, 0.6) is 0 Å². The van der Waals surface area contributed by atoms with E-state index in [1.165, 1.54) is 19.3 Å². The summed E-state index contributed by atoms with van der Waals surface area (Å²) in [5, 5.41) is 0. The topological polar surface area (TPSA) is 30.0 Å². The first-order valence-corrected chi connectivity index (χ1v) is 8.07. The summed E-state index contributed by atoms with van der Waals surface area (Å²) in [5.74, 6) is 0.901. The van der Waals surface area contributed by atoms with E-state index in [0.29, 0.717) is 11.6 Å². The number of Topliss-reactive ketones (excluding diaryl/α,β-unsaturated/α-hetero) is 1. The fourth-order valence-electron chi connectivity index (χ4n) is 2.81. The van der Waals surface area contributed by atoms with Crippen LogP contribution in [0.3, 0.4) is 0 Å². The van der Waals surface area contributed by atoms with Crippen molar-refractivity contribution in [1.29, 1.82) is 0 Å². The van der Waals surface area contributed by atoms with Gasteiger partial charge in [0.05, 0.1) is 0 Å². The molecule has 2 nitrogen and oxygen atoms in total. The molecule has 1 heterocycles. The fourth-order valence-corrected chi connectivity index (χ4v) is 4.00. The van der Waals surface area contributed by atoms with Crippen LogP contribution in [0.15, 0.2) is 21.2 Å². The molecule has 1 saturated carbocycles. The van der Waals surface area contributed by atoms with Crippen LogP contribution < -0.4 is 0 Å². The first-order chi connectivity index (χ1) is 8.63.